The molecule has 0 radical (unpaired) electrons. The fraction of sp³-hybridized carbons (Fsp3) is 0. The van der Waals surface area contributed by atoms with E-state index in [1.54, 1.807) is 11.3 Å². The first kappa shape index (κ1) is 26.9. The summed E-state index contributed by atoms with van der Waals surface area (Å²) < 4.78 is 1.17. The summed E-state index contributed by atoms with van der Waals surface area (Å²) in [4.78, 5) is 10.2. The third kappa shape index (κ3) is 4.94. The number of thiazole rings is 1. The van der Waals surface area contributed by atoms with E-state index in [1.807, 2.05) is 12.3 Å². The second kappa shape index (κ2) is 11.8. The predicted molar refractivity (Wildman–Crippen MR) is 188 cm³/mol. The third-order valence-corrected chi connectivity index (χ3v) is 9.23. The SMILES string of the molecule is c1ccc(C(=C2C(=C(c3ccccc3)c3ccccc3)C(c3nc4ccccc4s3)=C2c2ccccn2)c2ccccc2)cc1. The molecule has 0 bridgehead atoms. The number of rotatable bonds is 6. The van der Waals surface area contributed by atoms with Gasteiger partial charge in [0.15, 0.2) is 0 Å². The number of hydrogen-bond acceptors (Lipinski definition) is 3. The summed E-state index contributed by atoms with van der Waals surface area (Å²) >= 11 is 1.74. The molecular weight excluding hydrogens is 565 g/mol. The summed E-state index contributed by atoms with van der Waals surface area (Å²) in [7, 11) is 0. The van der Waals surface area contributed by atoms with Gasteiger partial charge in [-0.2, -0.15) is 0 Å². The largest absolute Gasteiger partial charge is 0.256 e. The van der Waals surface area contributed by atoms with Gasteiger partial charge in [0, 0.05) is 28.5 Å². The van der Waals surface area contributed by atoms with Gasteiger partial charge in [0.25, 0.3) is 0 Å². The highest BCUT2D eigenvalue weighted by molar-refractivity contribution is 7.19. The van der Waals surface area contributed by atoms with Gasteiger partial charge in [-0.15, -0.1) is 11.3 Å². The molecule has 0 aliphatic heterocycles. The van der Waals surface area contributed by atoms with Crippen LogP contribution in [0.25, 0.3) is 32.5 Å². The van der Waals surface area contributed by atoms with Crippen LogP contribution in [0, 0.1) is 0 Å². The lowest BCUT2D eigenvalue weighted by Crippen LogP contribution is -2.17. The van der Waals surface area contributed by atoms with Crippen molar-refractivity contribution < 1.29 is 0 Å². The summed E-state index contributed by atoms with van der Waals surface area (Å²) in [6.07, 6.45) is 1.89. The summed E-state index contributed by atoms with van der Waals surface area (Å²) in [5, 5.41) is 1.00. The van der Waals surface area contributed by atoms with E-state index in [0.29, 0.717) is 0 Å². The maximum atomic E-state index is 5.25. The van der Waals surface area contributed by atoms with Gasteiger partial charge in [-0.3, -0.25) is 4.98 Å². The van der Waals surface area contributed by atoms with Crippen molar-refractivity contribution in [2.45, 2.75) is 0 Å². The van der Waals surface area contributed by atoms with Crippen molar-refractivity contribution in [1.82, 2.24) is 9.97 Å². The second-order valence-corrected chi connectivity index (χ2v) is 11.9. The smallest absolute Gasteiger partial charge is 0.125 e. The van der Waals surface area contributed by atoms with Gasteiger partial charge in [-0.25, -0.2) is 4.98 Å². The van der Waals surface area contributed by atoms with Gasteiger partial charge in [-0.05, 0) is 57.7 Å². The molecular formula is C42H28N2S. The van der Waals surface area contributed by atoms with E-state index < -0.39 is 0 Å². The van der Waals surface area contributed by atoms with Crippen LogP contribution in [0.2, 0.25) is 0 Å². The lowest BCUT2D eigenvalue weighted by atomic mass is 9.68. The predicted octanol–water partition coefficient (Wildman–Crippen LogP) is 10.6. The molecule has 3 heteroatoms. The number of hydrogen-bond donors (Lipinski definition) is 0. The Balaban J connectivity index is 1.60. The summed E-state index contributed by atoms with van der Waals surface area (Å²) in [5.74, 6) is 0. The van der Waals surface area contributed by atoms with Gasteiger partial charge >= 0.3 is 0 Å². The van der Waals surface area contributed by atoms with Crippen molar-refractivity contribution in [3.8, 4) is 0 Å². The maximum absolute atomic E-state index is 5.25. The minimum Gasteiger partial charge on any atom is -0.256 e. The van der Waals surface area contributed by atoms with Crippen LogP contribution in [0.1, 0.15) is 33.0 Å². The minimum absolute atomic E-state index is 0.940. The number of benzene rings is 5. The molecule has 0 saturated heterocycles. The molecule has 7 aromatic rings. The number of fused-ring (bicyclic) bond motifs is 1. The number of aromatic nitrogens is 2. The minimum atomic E-state index is 0.940. The average Bonchev–Trinajstić information content (AvgIpc) is 3.54. The van der Waals surface area contributed by atoms with Crippen molar-refractivity contribution >= 4 is 43.8 Å². The molecule has 45 heavy (non-hydrogen) atoms. The van der Waals surface area contributed by atoms with Crippen LogP contribution in [0.15, 0.2) is 181 Å². The van der Waals surface area contributed by atoms with Crippen LogP contribution < -0.4 is 0 Å². The van der Waals surface area contributed by atoms with Gasteiger partial charge in [0.2, 0.25) is 0 Å². The Morgan fingerprint density at radius 1 is 0.422 bits per heavy atom. The van der Waals surface area contributed by atoms with Crippen molar-refractivity contribution in [1.29, 1.82) is 0 Å². The monoisotopic (exact) mass is 592 g/mol. The highest BCUT2D eigenvalue weighted by Gasteiger charge is 2.39. The Morgan fingerprint density at radius 3 is 1.33 bits per heavy atom. The first-order valence-corrected chi connectivity index (χ1v) is 15.9. The molecule has 1 aliphatic rings. The first-order valence-electron chi connectivity index (χ1n) is 15.1. The number of allylic oxidation sites excluding steroid dienone is 4. The van der Waals surface area contributed by atoms with Crippen LogP contribution in [-0.2, 0) is 0 Å². The first-order chi connectivity index (χ1) is 22.4. The molecule has 0 N–H and O–H groups in total. The second-order valence-electron chi connectivity index (χ2n) is 10.9. The Morgan fingerprint density at radius 2 is 0.867 bits per heavy atom. The number of para-hydroxylation sites is 1. The molecule has 212 valence electrons. The zero-order chi connectivity index (χ0) is 30.0. The lowest BCUT2D eigenvalue weighted by Gasteiger charge is -2.35. The Kier molecular flexibility index (Phi) is 7.07. The Bertz CT molecular complexity index is 2100. The van der Waals surface area contributed by atoms with E-state index in [4.69, 9.17) is 9.97 Å². The molecule has 5 aromatic carbocycles. The van der Waals surface area contributed by atoms with Crippen molar-refractivity contribution in [2.75, 3.05) is 0 Å². The molecule has 0 atom stereocenters. The average molecular weight is 593 g/mol. The Hall–Kier alpha value is -5.64. The normalized spacial score (nSPS) is 12.7. The summed E-state index contributed by atoms with van der Waals surface area (Å²) in [6.45, 7) is 0. The van der Waals surface area contributed by atoms with Crippen molar-refractivity contribution in [3.63, 3.8) is 0 Å². The van der Waals surface area contributed by atoms with E-state index in [1.165, 1.54) is 27.0 Å². The molecule has 8 rings (SSSR count). The van der Waals surface area contributed by atoms with E-state index in [9.17, 15) is 0 Å². The molecule has 0 unspecified atom stereocenters. The number of pyridine rings is 1. The standard InChI is InChI=1S/C42H28N2S/c1-5-17-29(18-6-1)36(30-19-7-2-8-20-30)39-38(34-26-15-16-28-43-34)41(42-44-33-25-13-14-27-35(33)45-42)40(39)37(31-21-9-3-10-22-31)32-23-11-4-12-24-32/h1-28H. The van der Waals surface area contributed by atoms with Crippen LogP contribution in [0.3, 0.4) is 0 Å². The molecule has 2 heterocycles. The third-order valence-electron chi connectivity index (χ3n) is 8.18. The topological polar surface area (TPSA) is 25.8 Å². The zero-order valence-electron chi connectivity index (χ0n) is 24.5. The summed E-state index contributed by atoms with van der Waals surface area (Å²) in [6, 6.07) is 57.6. The Labute approximate surface area is 267 Å². The molecule has 0 fully saturated rings. The quantitative estimate of drug-likeness (QED) is 0.192. The number of nitrogens with zero attached hydrogens (tertiary/aromatic N) is 2. The van der Waals surface area contributed by atoms with E-state index >= 15 is 0 Å². The fourth-order valence-electron chi connectivity index (χ4n) is 6.23. The van der Waals surface area contributed by atoms with Gasteiger partial charge in [-0.1, -0.05) is 140 Å². The van der Waals surface area contributed by atoms with E-state index in [-0.39, 0.29) is 0 Å². The van der Waals surface area contributed by atoms with Crippen LogP contribution >= 0.6 is 11.3 Å². The molecule has 0 amide bonds. The fourth-order valence-corrected chi connectivity index (χ4v) is 7.25. The van der Waals surface area contributed by atoms with Crippen LogP contribution in [0.4, 0.5) is 0 Å². The highest BCUT2D eigenvalue weighted by Crippen LogP contribution is 2.58. The molecule has 1 aliphatic carbocycles. The van der Waals surface area contributed by atoms with E-state index in [0.717, 1.165) is 49.6 Å². The highest BCUT2D eigenvalue weighted by atomic mass is 32.1. The van der Waals surface area contributed by atoms with Crippen molar-refractivity contribution in [2.24, 2.45) is 0 Å². The maximum Gasteiger partial charge on any atom is 0.125 e. The van der Waals surface area contributed by atoms with Gasteiger partial charge < -0.3 is 0 Å². The molecule has 2 aromatic heterocycles. The molecule has 0 spiro atoms. The lowest BCUT2D eigenvalue weighted by molar-refractivity contribution is 1.25. The zero-order valence-corrected chi connectivity index (χ0v) is 25.3. The van der Waals surface area contributed by atoms with Crippen LogP contribution in [0.5, 0.6) is 0 Å². The van der Waals surface area contributed by atoms with Crippen LogP contribution in [-0.4, -0.2) is 9.97 Å². The molecule has 0 saturated carbocycles. The van der Waals surface area contributed by atoms with E-state index in [2.05, 4.69) is 158 Å². The van der Waals surface area contributed by atoms with Gasteiger partial charge in [0.1, 0.15) is 5.01 Å². The van der Waals surface area contributed by atoms with Crippen molar-refractivity contribution in [3.05, 3.63) is 214 Å². The van der Waals surface area contributed by atoms with Gasteiger partial charge in [0.05, 0.1) is 15.9 Å². The summed E-state index contributed by atoms with van der Waals surface area (Å²) in [5.41, 5.74) is 13.6. The molecule has 2 nitrogen and oxygen atoms in total.